The molecule has 1 heterocycles. The van der Waals surface area contributed by atoms with E-state index in [1.807, 2.05) is 0 Å². The number of unbranched alkanes of at least 4 members (excludes halogenated alkanes) is 23. The highest BCUT2D eigenvalue weighted by Crippen LogP contribution is 2.22. The number of carbonyl (C=O) groups is 1. The summed E-state index contributed by atoms with van der Waals surface area (Å²) >= 11 is 0. The molecule has 1 saturated heterocycles. The minimum atomic E-state index is -1.53. The molecule has 318 valence electrons. The molecule has 0 radical (unpaired) electrons. The summed E-state index contributed by atoms with van der Waals surface area (Å²) in [6.07, 6.45) is 35.2. The van der Waals surface area contributed by atoms with Gasteiger partial charge in [0.05, 0.1) is 19.8 Å². The summed E-state index contributed by atoms with van der Waals surface area (Å²) in [6.45, 7) is 4.51. The van der Waals surface area contributed by atoms with Gasteiger partial charge < -0.3 is 39.4 Å². The third kappa shape index (κ3) is 28.1. The number of esters is 1. The van der Waals surface area contributed by atoms with Crippen molar-refractivity contribution >= 4 is 5.97 Å². The molecule has 54 heavy (non-hydrogen) atoms. The average molecular weight is 769 g/mol. The lowest BCUT2D eigenvalue weighted by molar-refractivity contribution is -0.305. The first kappa shape index (κ1) is 50.7. The van der Waals surface area contributed by atoms with Crippen LogP contribution in [0.2, 0.25) is 0 Å². The number of hydrogen-bond donors (Lipinski definition) is 4. The summed E-state index contributed by atoms with van der Waals surface area (Å²) in [5.74, 6) is -0.320. The second-order valence-electron chi connectivity index (χ2n) is 15.5. The zero-order valence-corrected chi connectivity index (χ0v) is 34.7. The molecule has 6 atom stereocenters. The Labute approximate surface area is 330 Å². The summed E-state index contributed by atoms with van der Waals surface area (Å²) < 4.78 is 22.7. The Balaban J connectivity index is 2.13. The fraction of sp³-hybridized carbons (Fsp3) is 0.889. The maximum atomic E-state index is 12.6. The van der Waals surface area contributed by atoms with E-state index in [-0.39, 0.29) is 19.2 Å². The van der Waals surface area contributed by atoms with E-state index in [2.05, 4.69) is 38.2 Å². The Bertz CT molecular complexity index is 879. The summed E-state index contributed by atoms with van der Waals surface area (Å²) in [5.41, 5.74) is 0. The Morgan fingerprint density at radius 2 is 1.07 bits per heavy atom. The zero-order valence-electron chi connectivity index (χ0n) is 34.7. The minimum Gasteiger partial charge on any atom is -0.457 e. The van der Waals surface area contributed by atoms with Crippen LogP contribution in [-0.2, 0) is 23.7 Å². The normalized spacial score (nSPS) is 21.0. The molecule has 1 rings (SSSR count). The van der Waals surface area contributed by atoms with Crippen molar-refractivity contribution in [1.29, 1.82) is 0 Å². The largest absolute Gasteiger partial charge is 0.457 e. The summed E-state index contributed by atoms with van der Waals surface area (Å²) in [6, 6.07) is 0. The highest BCUT2D eigenvalue weighted by Gasteiger charge is 2.44. The molecule has 0 aromatic heterocycles. The first-order chi connectivity index (χ1) is 26.4. The standard InChI is InChI=1S/C45H84O9/c1-3-5-7-9-11-12-13-14-15-16-17-18-19-20-21-22-23-24-25-26-27-29-31-33-35-51-37-39(53-41(47)34-32-30-28-10-8-6-4-2)38-52-45-44(50)43(49)42(48)40(36-46)54-45/h13-14,16-17,39-40,42-46,48-50H,3-12,15,18-38H2,1-2H3/b14-13-,17-16-. The Hall–Kier alpha value is -1.33. The molecule has 1 fully saturated rings. The molecular formula is C45H84O9. The number of ether oxygens (including phenoxy) is 4. The number of aliphatic hydroxyl groups is 4. The van der Waals surface area contributed by atoms with Crippen molar-refractivity contribution in [2.75, 3.05) is 26.4 Å². The molecule has 9 heteroatoms. The fourth-order valence-corrected chi connectivity index (χ4v) is 6.82. The topological polar surface area (TPSA) is 135 Å². The van der Waals surface area contributed by atoms with Gasteiger partial charge in [-0.05, 0) is 44.9 Å². The van der Waals surface area contributed by atoms with E-state index in [1.54, 1.807) is 0 Å². The van der Waals surface area contributed by atoms with Gasteiger partial charge in [0.1, 0.15) is 30.5 Å². The third-order valence-electron chi connectivity index (χ3n) is 10.4. The van der Waals surface area contributed by atoms with Crippen molar-refractivity contribution in [3.8, 4) is 0 Å². The van der Waals surface area contributed by atoms with E-state index in [0.29, 0.717) is 13.0 Å². The lowest BCUT2D eigenvalue weighted by atomic mass is 9.99. The predicted octanol–water partition coefficient (Wildman–Crippen LogP) is 9.81. The second kappa shape index (κ2) is 37.3. The van der Waals surface area contributed by atoms with Crippen molar-refractivity contribution in [3.05, 3.63) is 24.3 Å². The predicted molar refractivity (Wildman–Crippen MR) is 219 cm³/mol. The average Bonchev–Trinajstić information content (AvgIpc) is 3.17. The molecule has 0 aromatic carbocycles. The van der Waals surface area contributed by atoms with Gasteiger partial charge in [0.15, 0.2) is 6.29 Å². The maximum absolute atomic E-state index is 12.6. The SMILES string of the molecule is CCCCCCC/C=C\C/C=C\CCCCCCCCCCCCCCOCC(COC1OC(CO)C(O)C(O)C1O)OC(=O)CCCCCCCCC. The summed E-state index contributed by atoms with van der Waals surface area (Å²) in [5, 5.41) is 39.9. The van der Waals surface area contributed by atoms with Gasteiger partial charge in [-0.2, -0.15) is 0 Å². The molecule has 4 N–H and O–H groups in total. The third-order valence-corrected chi connectivity index (χ3v) is 10.4. The molecule has 9 nitrogen and oxygen atoms in total. The van der Waals surface area contributed by atoms with Crippen LogP contribution in [0.4, 0.5) is 0 Å². The van der Waals surface area contributed by atoms with Crippen LogP contribution < -0.4 is 0 Å². The first-order valence-electron chi connectivity index (χ1n) is 22.4. The Kier molecular flexibility index (Phi) is 35.0. The van der Waals surface area contributed by atoms with E-state index in [4.69, 9.17) is 18.9 Å². The molecule has 1 aliphatic rings. The maximum Gasteiger partial charge on any atom is 0.306 e. The van der Waals surface area contributed by atoms with E-state index in [0.717, 1.165) is 38.5 Å². The minimum absolute atomic E-state index is 0.111. The van der Waals surface area contributed by atoms with Crippen LogP contribution >= 0.6 is 0 Å². The highest BCUT2D eigenvalue weighted by molar-refractivity contribution is 5.69. The summed E-state index contributed by atoms with van der Waals surface area (Å²) in [7, 11) is 0. The highest BCUT2D eigenvalue weighted by atomic mass is 16.7. The van der Waals surface area contributed by atoms with Gasteiger partial charge in [-0.15, -0.1) is 0 Å². The lowest BCUT2D eigenvalue weighted by Gasteiger charge is -2.39. The number of rotatable bonds is 38. The van der Waals surface area contributed by atoms with Crippen molar-refractivity contribution in [3.63, 3.8) is 0 Å². The van der Waals surface area contributed by atoms with Gasteiger partial charge in [0, 0.05) is 13.0 Å². The Morgan fingerprint density at radius 3 is 1.59 bits per heavy atom. The fourth-order valence-electron chi connectivity index (χ4n) is 6.82. The van der Waals surface area contributed by atoms with Crippen LogP contribution in [0.15, 0.2) is 24.3 Å². The van der Waals surface area contributed by atoms with Gasteiger partial charge in [-0.3, -0.25) is 4.79 Å². The molecule has 0 spiro atoms. The number of allylic oxidation sites excluding steroid dienone is 4. The van der Waals surface area contributed by atoms with E-state index in [1.165, 1.54) is 135 Å². The number of hydrogen-bond acceptors (Lipinski definition) is 9. The zero-order chi connectivity index (χ0) is 39.3. The summed E-state index contributed by atoms with van der Waals surface area (Å²) in [4.78, 5) is 12.6. The van der Waals surface area contributed by atoms with Crippen molar-refractivity contribution in [2.24, 2.45) is 0 Å². The van der Waals surface area contributed by atoms with Crippen LogP contribution in [0.25, 0.3) is 0 Å². The number of carbonyl (C=O) groups excluding carboxylic acids is 1. The van der Waals surface area contributed by atoms with Crippen molar-refractivity contribution in [2.45, 2.75) is 230 Å². The lowest BCUT2D eigenvalue weighted by Crippen LogP contribution is -2.59. The first-order valence-corrected chi connectivity index (χ1v) is 22.4. The van der Waals surface area contributed by atoms with Crippen LogP contribution in [0.5, 0.6) is 0 Å². The van der Waals surface area contributed by atoms with Gasteiger partial charge in [-0.25, -0.2) is 0 Å². The van der Waals surface area contributed by atoms with E-state index >= 15 is 0 Å². The molecule has 0 saturated carbocycles. The van der Waals surface area contributed by atoms with Gasteiger partial charge in [0.25, 0.3) is 0 Å². The van der Waals surface area contributed by atoms with Gasteiger partial charge in [-0.1, -0.05) is 167 Å². The Morgan fingerprint density at radius 1 is 0.593 bits per heavy atom. The smallest absolute Gasteiger partial charge is 0.306 e. The van der Waals surface area contributed by atoms with Crippen molar-refractivity contribution < 1.29 is 44.2 Å². The molecule has 0 aliphatic carbocycles. The molecule has 1 aliphatic heterocycles. The van der Waals surface area contributed by atoms with E-state index < -0.39 is 43.4 Å². The number of aliphatic hydroxyl groups excluding tert-OH is 4. The van der Waals surface area contributed by atoms with Gasteiger partial charge >= 0.3 is 5.97 Å². The second-order valence-corrected chi connectivity index (χ2v) is 15.5. The monoisotopic (exact) mass is 769 g/mol. The van der Waals surface area contributed by atoms with Crippen LogP contribution in [0.3, 0.4) is 0 Å². The quantitative estimate of drug-likeness (QED) is 0.0275. The molecule has 0 amide bonds. The van der Waals surface area contributed by atoms with E-state index in [9.17, 15) is 25.2 Å². The molecular weight excluding hydrogens is 684 g/mol. The molecule has 0 bridgehead atoms. The van der Waals surface area contributed by atoms with Gasteiger partial charge in [0.2, 0.25) is 0 Å². The molecule has 0 aromatic rings. The van der Waals surface area contributed by atoms with Crippen LogP contribution in [-0.4, -0.2) is 89.6 Å². The van der Waals surface area contributed by atoms with Crippen LogP contribution in [0.1, 0.15) is 194 Å². The van der Waals surface area contributed by atoms with Crippen molar-refractivity contribution in [1.82, 2.24) is 0 Å². The van der Waals surface area contributed by atoms with Crippen LogP contribution in [0, 0.1) is 0 Å². The molecule has 6 unspecified atom stereocenters.